The van der Waals surface area contributed by atoms with Gasteiger partial charge in [0.15, 0.2) is 0 Å². The van der Waals surface area contributed by atoms with E-state index in [1.807, 2.05) is 0 Å². The minimum Gasteiger partial charge on any atom is -0.390 e. The van der Waals surface area contributed by atoms with Crippen LogP contribution in [-0.2, 0) is 4.79 Å². The summed E-state index contributed by atoms with van der Waals surface area (Å²) in [5.74, 6) is -0.612. The van der Waals surface area contributed by atoms with Gasteiger partial charge in [0.2, 0.25) is 5.91 Å². The minimum absolute atomic E-state index is 0.149. The number of carbonyl (C=O) groups excluding carboxylic acids is 1. The number of nitrogens with one attached hydrogen (secondary N) is 1. The van der Waals surface area contributed by atoms with Crippen LogP contribution >= 0.6 is 0 Å². The molecule has 24 heavy (non-hydrogen) atoms. The number of nitrogens with zero attached hydrogens (tertiary/aromatic N) is 3. The third-order valence-electron chi connectivity index (χ3n) is 4.11. The number of aliphatic hydroxyl groups excluding tert-OH is 1. The molecule has 6 nitrogen and oxygen atoms in total. The van der Waals surface area contributed by atoms with E-state index < -0.39 is 6.10 Å². The first kappa shape index (κ1) is 18.8. The Morgan fingerprint density at radius 1 is 1.38 bits per heavy atom. The van der Waals surface area contributed by atoms with Crippen LogP contribution in [0.15, 0.2) is 24.3 Å². The second kappa shape index (κ2) is 9.08. The molecule has 1 aromatic rings. The second-order valence-corrected chi connectivity index (χ2v) is 6.51. The van der Waals surface area contributed by atoms with Crippen LogP contribution in [-0.4, -0.2) is 91.7 Å². The fourth-order valence-corrected chi connectivity index (χ4v) is 2.82. The number of anilines is 1. The van der Waals surface area contributed by atoms with Gasteiger partial charge >= 0.3 is 0 Å². The van der Waals surface area contributed by atoms with Crippen molar-refractivity contribution in [3.8, 4) is 0 Å². The van der Waals surface area contributed by atoms with Gasteiger partial charge in [0.05, 0.1) is 12.6 Å². The van der Waals surface area contributed by atoms with Crippen molar-refractivity contribution in [2.24, 2.45) is 0 Å². The summed E-state index contributed by atoms with van der Waals surface area (Å²) >= 11 is 0. The van der Waals surface area contributed by atoms with Gasteiger partial charge in [-0.3, -0.25) is 14.6 Å². The number of benzene rings is 1. The lowest BCUT2D eigenvalue weighted by atomic mass is 10.2. The lowest BCUT2D eigenvalue weighted by molar-refractivity contribution is -0.117. The first-order valence-electron chi connectivity index (χ1n) is 8.25. The monoisotopic (exact) mass is 338 g/mol. The highest BCUT2D eigenvalue weighted by molar-refractivity contribution is 5.92. The molecule has 0 spiro atoms. The molecule has 1 aromatic carbocycles. The summed E-state index contributed by atoms with van der Waals surface area (Å²) in [6.07, 6.45) is -0.500. The molecule has 134 valence electrons. The molecule has 0 radical (unpaired) electrons. The normalized spacial score (nSPS) is 17.9. The summed E-state index contributed by atoms with van der Waals surface area (Å²) in [6, 6.07) is 5.80. The van der Waals surface area contributed by atoms with E-state index in [0.717, 1.165) is 26.2 Å². The smallest absolute Gasteiger partial charge is 0.238 e. The van der Waals surface area contributed by atoms with Gasteiger partial charge in [0.25, 0.3) is 0 Å². The van der Waals surface area contributed by atoms with Gasteiger partial charge in [-0.2, -0.15) is 0 Å². The van der Waals surface area contributed by atoms with Crippen LogP contribution in [0.1, 0.15) is 0 Å². The molecule has 1 fully saturated rings. The van der Waals surface area contributed by atoms with Crippen molar-refractivity contribution in [2.75, 3.05) is 65.2 Å². The molecule has 0 aromatic heterocycles. The van der Waals surface area contributed by atoms with E-state index in [1.54, 1.807) is 24.1 Å². The minimum atomic E-state index is -0.500. The first-order chi connectivity index (χ1) is 11.4. The molecular formula is C17H27FN4O2. The van der Waals surface area contributed by atoms with Gasteiger partial charge in [-0.1, -0.05) is 6.07 Å². The van der Waals surface area contributed by atoms with Crippen molar-refractivity contribution in [3.05, 3.63) is 30.1 Å². The van der Waals surface area contributed by atoms with E-state index in [-0.39, 0.29) is 18.3 Å². The molecule has 0 aliphatic carbocycles. The van der Waals surface area contributed by atoms with E-state index >= 15 is 0 Å². The summed E-state index contributed by atoms with van der Waals surface area (Å²) in [6.45, 7) is 5.12. The third-order valence-corrected chi connectivity index (χ3v) is 4.11. The zero-order valence-electron chi connectivity index (χ0n) is 14.4. The largest absolute Gasteiger partial charge is 0.390 e. The molecule has 0 saturated carbocycles. The number of likely N-dealkylation sites (N-methyl/N-ethyl adjacent to an activating group) is 2. The molecule has 1 saturated heterocycles. The molecule has 1 unspecified atom stereocenters. The molecule has 7 heteroatoms. The first-order valence-corrected chi connectivity index (χ1v) is 8.25. The maximum atomic E-state index is 13.1. The Kier molecular flexibility index (Phi) is 7.11. The van der Waals surface area contributed by atoms with E-state index in [2.05, 4.69) is 22.2 Å². The maximum Gasteiger partial charge on any atom is 0.238 e. The third kappa shape index (κ3) is 6.52. The van der Waals surface area contributed by atoms with Crippen LogP contribution in [0.5, 0.6) is 0 Å². The zero-order chi connectivity index (χ0) is 17.5. The molecule has 1 atom stereocenters. The SMILES string of the molecule is CN1CCN(CC(O)CN(C)CC(=O)Nc2cccc(F)c2)CC1. The fraction of sp³-hybridized carbons (Fsp3) is 0.588. The van der Waals surface area contributed by atoms with Crippen LogP contribution < -0.4 is 5.32 Å². The Labute approximate surface area is 142 Å². The van der Waals surface area contributed by atoms with E-state index in [9.17, 15) is 14.3 Å². The Balaban J connectivity index is 1.69. The molecular weight excluding hydrogens is 311 g/mol. The molecule has 1 amide bonds. The van der Waals surface area contributed by atoms with Crippen molar-refractivity contribution < 1.29 is 14.3 Å². The van der Waals surface area contributed by atoms with Gasteiger partial charge in [0, 0.05) is 45.0 Å². The number of piperazine rings is 1. The number of halogens is 1. The zero-order valence-corrected chi connectivity index (χ0v) is 14.4. The van der Waals surface area contributed by atoms with Crippen LogP contribution in [0, 0.1) is 5.82 Å². The van der Waals surface area contributed by atoms with Crippen LogP contribution in [0.25, 0.3) is 0 Å². The predicted molar refractivity (Wildman–Crippen MR) is 92.5 cm³/mol. The maximum absolute atomic E-state index is 13.1. The van der Waals surface area contributed by atoms with E-state index in [0.29, 0.717) is 18.8 Å². The topological polar surface area (TPSA) is 59.1 Å². The quantitative estimate of drug-likeness (QED) is 0.749. The summed E-state index contributed by atoms with van der Waals surface area (Å²) in [7, 11) is 3.89. The van der Waals surface area contributed by atoms with Crippen molar-refractivity contribution in [1.29, 1.82) is 0 Å². The van der Waals surface area contributed by atoms with Crippen molar-refractivity contribution in [2.45, 2.75) is 6.10 Å². The molecule has 1 heterocycles. The van der Waals surface area contributed by atoms with Crippen LogP contribution in [0.3, 0.4) is 0 Å². The number of carbonyl (C=O) groups is 1. The Hall–Kier alpha value is -1.54. The average Bonchev–Trinajstić information content (AvgIpc) is 2.49. The standard InChI is InChI=1S/C17H27FN4O2/c1-20-6-8-22(9-7-20)12-16(23)11-21(2)13-17(24)19-15-5-3-4-14(18)10-15/h3-5,10,16,23H,6-9,11-13H2,1-2H3,(H,19,24). The molecule has 2 rings (SSSR count). The highest BCUT2D eigenvalue weighted by atomic mass is 19.1. The van der Waals surface area contributed by atoms with E-state index in [1.165, 1.54) is 12.1 Å². The summed E-state index contributed by atoms with van der Waals surface area (Å²) in [5.41, 5.74) is 0.436. The Morgan fingerprint density at radius 2 is 2.08 bits per heavy atom. The van der Waals surface area contributed by atoms with Gasteiger partial charge in [-0.05, 0) is 32.3 Å². The van der Waals surface area contributed by atoms with Crippen molar-refractivity contribution in [1.82, 2.24) is 14.7 Å². The van der Waals surface area contributed by atoms with Crippen molar-refractivity contribution in [3.63, 3.8) is 0 Å². The van der Waals surface area contributed by atoms with Gasteiger partial charge in [-0.15, -0.1) is 0 Å². The lowest BCUT2D eigenvalue weighted by Gasteiger charge is -2.34. The highest BCUT2D eigenvalue weighted by Gasteiger charge is 2.18. The summed E-state index contributed by atoms with van der Waals surface area (Å²) in [5, 5.41) is 12.9. The number of hydrogen-bond acceptors (Lipinski definition) is 5. The molecule has 2 N–H and O–H groups in total. The lowest BCUT2D eigenvalue weighted by Crippen LogP contribution is -2.48. The van der Waals surface area contributed by atoms with E-state index in [4.69, 9.17) is 0 Å². The second-order valence-electron chi connectivity index (χ2n) is 6.51. The van der Waals surface area contributed by atoms with Gasteiger partial charge in [-0.25, -0.2) is 4.39 Å². The van der Waals surface area contributed by atoms with Crippen molar-refractivity contribution >= 4 is 11.6 Å². The molecule has 0 bridgehead atoms. The van der Waals surface area contributed by atoms with Gasteiger partial charge in [0.1, 0.15) is 5.82 Å². The predicted octanol–water partition coefficient (Wildman–Crippen LogP) is 0.304. The highest BCUT2D eigenvalue weighted by Crippen LogP contribution is 2.09. The number of hydrogen-bond donors (Lipinski definition) is 2. The molecule has 1 aliphatic rings. The Bertz CT molecular complexity index is 535. The number of rotatable bonds is 7. The van der Waals surface area contributed by atoms with Crippen LogP contribution in [0.4, 0.5) is 10.1 Å². The summed E-state index contributed by atoms with van der Waals surface area (Å²) < 4.78 is 13.1. The number of aliphatic hydroxyl groups is 1. The molecule has 1 aliphatic heterocycles. The average molecular weight is 338 g/mol. The summed E-state index contributed by atoms with van der Waals surface area (Å²) in [4.78, 5) is 18.3. The number of β-amino-alcohol motifs (C(OH)–C–C–N with tert-alkyl or cyclic N) is 1. The van der Waals surface area contributed by atoms with Crippen LogP contribution in [0.2, 0.25) is 0 Å². The number of amides is 1. The Morgan fingerprint density at radius 3 is 2.75 bits per heavy atom. The fourth-order valence-electron chi connectivity index (χ4n) is 2.82. The van der Waals surface area contributed by atoms with Gasteiger partial charge < -0.3 is 15.3 Å².